The average Bonchev–Trinajstić information content (AvgIpc) is 3.39. The van der Waals surface area contributed by atoms with E-state index in [9.17, 15) is 13.2 Å². The van der Waals surface area contributed by atoms with Crippen molar-refractivity contribution < 1.29 is 22.5 Å². The van der Waals surface area contributed by atoms with Crippen molar-refractivity contribution in [2.24, 2.45) is 0 Å². The fraction of sp³-hybridized carbons (Fsp3) is 0.267. The molecule has 0 aliphatic carbocycles. The minimum Gasteiger partial charge on any atom is -0.281 e. The molecule has 2 N–H and O–H groups in total. The number of anilines is 1. The number of piperazine rings is 1. The normalized spacial score (nSPS) is 15.3. The lowest BCUT2D eigenvalue weighted by atomic mass is 10.4. The largest absolute Gasteiger partial charge is 0.400 e. The van der Waals surface area contributed by atoms with Crippen LogP contribution in [0.4, 0.5) is 5.88 Å². The first kappa shape index (κ1) is 21.8. The van der Waals surface area contributed by atoms with Gasteiger partial charge in [-0.05, 0) is 18.2 Å². The van der Waals surface area contributed by atoms with E-state index >= 15 is 0 Å². The van der Waals surface area contributed by atoms with Gasteiger partial charge in [0.25, 0.3) is 5.91 Å². The van der Waals surface area contributed by atoms with Crippen LogP contribution >= 0.6 is 34.8 Å². The highest BCUT2D eigenvalue weighted by Crippen LogP contribution is 2.28. The number of nitrogens with one attached hydrogen (secondary N) is 2. The lowest BCUT2D eigenvalue weighted by Gasteiger charge is -2.29. The molecule has 0 atom stereocenters. The predicted octanol–water partition coefficient (Wildman–Crippen LogP) is 0.935. The first-order chi connectivity index (χ1) is 14.8. The molecule has 16 heteroatoms. The van der Waals surface area contributed by atoms with Gasteiger partial charge in [0.2, 0.25) is 21.1 Å². The van der Waals surface area contributed by atoms with Gasteiger partial charge in [-0.3, -0.25) is 19.7 Å². The van der Waals surface area contributed by atoms with Crippen LogP contribution in [0, 0.1) is 0 Å². The number of carbonyl (C=O) groups excluding carboxylic acids is 1. The fourth-order valence-electron chi connectivity index (χ4n) is 2.90. The highest BCUT2D eigenvalue weighted by atomic mass is 35.5. The number of H-pyrrole nitrogens is 1. The lowest BCUT2D eigenvalue weighted by molar-refractivity contribution is -0.757. The van der Waals surface area contributed by atoms with E-state index in [0.29, 0.717) is 5.02 Å². The third kappa shape index (κ3) is 4.32. The number of rotatable bonds is 5. The summed E-state index contributed by atoms with van der Waals surface area (Å²) in [5.41, 5.74) is 0. The molecule has 1 saturated heterocycles. The second kappa shape index (κ2) is 8.59. The maximum atomic E-state index is 12.9. The standard InChI is InChI=1S/C15H13Cl3N8O4S/c16-9-1-2-11(10(17)7-9)31(28,29)25-5-3-24(4-6-25)26-12(18)15(30-23-26)21-14(27)13-19-8-20-22-13/h1-2,7-8H,3-6H2,(H-,19,20,21,22,23,27)/p+1. The molecule has 3 aromatic rings. The minimum atomic E-state index is -3.80. The number of halogens is 3. The molecular weight excluding hydrogens is 495 g/mol. The van der Waals surface area contributed by atoms with Gasteiger partial charge in [0, 0.05) is 29.7 Å². The summed E-state index contributed by atoms with van der Waals surface area (Å²) >= 11 is 18.2. The summed E-state index contributed by atoms with van der Waals surface area (Å²) in [6, 6.07) is 4.22. The molecule has 1 aliphatic rings. The summed E-state index contributed by atoms with van der Waals surface area (Å²) in [4.78, 5) is 17.0. The number of amides is 1. The van der Waals surface area contributed by atoms with E-state index in [2.05, 4.69) is 25.8 Å². The molecule has 3 heterocycles. The molecule has 12 nitrogen and oxygen atoms in total. The molecule has 4 rings (SSSR count). The third-order valence-electron chi connectivity index (χ3n) is 4.42. The van der Waals surface area contributed by atoms with Gasteiger partial charge in [-0.15, -0.1) is 5.01 Å². The molecule has 1 amide bonds. The smallest absolute Gasteiger partial charge is 0.281 e. The summed E-state index contributed by atoms with van der Waals surface area (Å²) in [5, 5.41) is 14.3. The van der Waals surface area contributed by atoms with Crippen LogP contribution in [0.3, 0.4) is 0 Å². The molecule has 1 aliphatic heterocycles. The molecule has 0 bridgehead atoms. The maximum Gasteiger partial charge on any atom is 0.400 e. The van der Waals surface area contributed by atoms with Crippen LogP contribution < -0.4 is 15.1 Å². The van der Waals surface area contributed by atoms with Crippen molar-refractivity contribution in [2.45, 2.75) is 4.90 Å². The monoisotopic (exact) mass is 507 g/mol. The second-order valence-corrected chi connectivity index (χ2v) is 9.41. The zero-order valence-electron chi connectivity index (χ0n) is 15.5. The van der Waals surface area contributed by atoms with E-state index in [1.165, 1.54) is 33.6 Å². The molecule has 164 valence electrons. The number of benzene rings is 1. The number of aromatic amines is 1. The van der Waals surface area contributed by atoms with E-state index in [4.69, 9.17) is 39.3 Å². The van der Waals surface area contributed by atoms with Crippen molar-refractivity contribution in [2.75, 3.05) is 36.5 Å². The number of hydrogen-bond acceptors (Lipinski definition) is 8. The Morgan fingerprint density at radius 1 is 1.19 bits per heavy atom. The second-order valence-electron chi connectivity index (χ2n) is 6.30. The van der Waals surface area contributed by atoms with Crippen LogP contribution in [0.15, 0.2) is 33.9 Å². The Hall–Kier alpha value is -2.45. The quantitative estimate of drug-likeness (QED) is 0.485. The number of carbonyl (C=O) groups is 1. The molecule has 1 aromatic carbocycles. The molecule has 0 spiro atoms. The number of sulfonamides is 1. The van der Waals surface area contributed by atoms with Gasteiger partial charge in [0.15, 0.2) is 0 Å². The topological polar surface area (TPSA) is 141 Å². The molecule has 0 saturated carbocycles. The highest BCUT2D eigenvalue weighted by molar-refractivity contribution is 7.89. The summed E-state index contributed by atoms with van der Waals surface area (Å²) < 4.78 is 32.2. The Labute approximate surface area is 190 Å². The Balaban J connectivity index is 1.44. The minimum absolute atomic E-state index is 0.00455. The Bertz CT molecular complexity index is 1210. The van der Waals surface area contributed by atoms with Crippen LogP contribution in [0.2, 0.25) is 15.2 Å². The first-order valence-electron chi connectivity index (χ1n) is 8.72. The van der Waals surface area contributed by atoms with Crippen molar-refractivity contribution in [3.8, 4) is 0 Å². The van der Waals surface area contributed by atoms with Gasteiger partial charge in [-0.25, -0.2) is 13.4 Å². The van der Waals surface area contributed by atoms with Crippen LogP contribution in [-0.4, -0.2) is 65.3 Å². The Kier molecular flexibility index (Phi) is 6.03. The molecule has 0 radical (unpaired) electrons. The van der Waals surface area contributed by atoms with Gasteiger partial charge in [-0.1, -0.05) is 23.2 Å². The van der Waals surface area contributed by atoms with E-state index in [1.54, 1.807) is 5.01 Å². The van der Waals surface area contributed by atoms with Crippen molar-refractivity contribution in [3.63, 3.8) is 0 Å². The maximum absolute atomic E-state index is 12.9. The molecule has 1 fully saturated rings. The number of aromatic nitrogens is 5. The van der Waals surface area contributed by atoms with Crippen molar-refractivity contribution in [1.29, 1.82) is 0 Å². The highest BCUT2D eigenvalue weighted by Gasteiger charge is 2.36. The van der Waals surface area contributed by atoms with Crippen molar-refractivity contribution >= 4 is 56.6 Å². The average molecular weight is 509 g/mol. The summed E-state index contributed by atoms with van der Waals surface area (Å²) in [6.07, 6.45) is 1.18. The van der Waals surface area contributed by atoms with E-state index < -0.39 is 15.9 Å². The van der Waals surface area contributed by atoms with E-state index in [1.807, 2.05) is 0 Å². The third-order valence-corrected chi connectivity index (χ3v) is 7.36. The SMILES string of the molecule is O=C(Nc1on[n+](N2CCN(S(=O)(=O)c3ccc(Cl)cc3Cl)CC2)c1Cl)c1ncn[nH]1. The van der Waals surface area contributed by atoms with Gasteiger partial charge in [0.1, 0.15) is 11.2 Å². The lowest BCUT2D eigenvalue weighted by Crippen LogP contribution is -2.66. The molecule has 31 heavy (non-hydrogen) atoms. The van der Waals surface area contributed by atoms with Gasteiger partial charge < -0.3 is 0 Å². The van der Waals surface area contributed by atoms with Crippen LogP contribution in [0.1, 0.15) is 10.6 Å². The van der Waals surface area contributed by atoms with Gasteiger partial charge in [0.05, 0.1) is 22.9 Å². The van der Waals surface area contributed by atoms with Crippen molar-refractivity contribution in [1.82, 2.24) is 24.8 Å². The molecule has 2 aromatic heterocycles. The Morgan fingerprint density at radius 3 is 2.58 bits per heavy atom. The zero-order chi connectivity index (χ0) is 22.2. The first-order valence-corrected chi connectivity index (χ1v) is 11.3. The van der Waals surface area contributed by atoms with Crippen LogP contribution in [0.25, 0.3) is 0 Å². The van der Waals surface area contributed by atoms with E-state index in [0.717, 1.165) is 0 Å². The van der Waals surface area contributed by atoms with Gasteiger partial charge >= 0.3 is 11.0 Å². The fourth-order valence-corrected chi connectivity index (χ4v) is 5.29. The van der Waals surface area contributed by atoms with Crippen LogP contribution in [0.5, 0.6) is 0 Å². The Morgan fingerprint density at radius 2 is 1.94 bits per heavy atom. The van der Waals surface area contributed by atoms with Crippen LogP contribution in [-0.2, 0) is 10.0 Å². The van der Waals surface area contributed by atoms with E-state index in [-0.39, 0.29) is 53.0 Å². The summed E-state index contributed by atoms with van der Waals surface area (Å²) in [5.74, 6) is -0.733. The predicted molar refractivity (Wildman–Crippen MR) is 109 cm³/mol. The number of nitrogens with zero attached hydrogens (tertiary/aromatic N) is 6. The number of hydrogen-bond donors (Lipinski definition) is 2. The molecular formula is C15H14Cl3N8O4S+. The zero-order valence-corrected chi connectivity index (χ0v) is 18.6. The summed E-state index contributed by atoms with van der Waals surface area (Å²) in [6.45, 7) is 0.822. The van der Waals surface area contributed by atoms with Crippen molar-refractivity contribution in [3.05, 3.63) is 45.5 Å². The van der Waals surface area contributed by atoms with Gasteiger partial charge in [-0.2, -0.15) is 9.40 Å². The molecule has 0 unspecified atom stereocenters. The summed E-state index contributed by atoms with van der Waals surface area (Å²) in [7, 11) is -3.80.